The number of nitrogens with one attached hydrogen (secondary N) is 1. The first-order valence-electron chi connectivity index (χ1n) is 7.04. The minimum Gasteiger partial charge on any atom is -0.376 e. The van der Waals surface area contributed by atoms with Crippen LogP contribution in [0.3, 0.4) is 0 Å². The highest BCUT2D eigenvalue weighted by atomic mass is 16.5. The highest BCUT2D eigenvalue weighted by Gasteiger charge is 2.19. The highest BCUT2D eigenvalue weighted by Crippen LogP contribution is 2.22. The molecule has 1 aliphatic heterocycles. The third-order valence-electron chi connectivity index (χ3n) is 3.66. The van der Waals surface area contributed by atoms with Gasteiger partial charge in [-0.15, -0.1) is 0 Å². The van der Waals surface area contributed by atoms with Crippen molar-refractivity contribution in [2.75, 3.05) is 13.2 Å². The van der Waals surface area contributed by atoms with Gasteiger partial charge in [-0.1, -0.05) is 24.3 Å². The molecule has 0 aromatic heterocycles. The van der Waals surface area contributed by atoms with Gasteiger partial charge < -0.3 is 10.1 Å². The zero-order valence-corrected chi connectivity index (χ0v) is 11.8. The van der Waals surface area contributed by atoms with Crippen LogP contribution in [0.2, 0.25) is 0 Å². The van der Waals surface area contributed by atoms with E-state index in [2.05, 4.69) is 11.4 Å². The second-order valence-corrected chi connectivity index (χ2v) is 5.18. The number of carbonyl (C=O) groups is 1. The fourth-order valence-corrected chi connectivity index (χ4v) is 2.49. The van der Waals surface area contributed by atoms with Gasteiger partial charge in [0.1, 0.15) is 0 Å². The van der Waals surface area contributed by atoms with Crippen molar-refractivity contribution >= 4 is 5.91 Å². The van der Waals surface area contributed by atoms with Gasteiger partial charge in [-0.2, -0.15) is 5.26 Å². The lowest BCUT2D eigenvalue weighted by atomic mass is 9.93. The lowest BCUT2D eigenvalue weighted by Crippen LogP contribution is -2.32. The van der Waals surface area contributed by atoms with E-state index in [-0.39, 0.29) is 24.3 Å². The Morgan fingerprint density at radius 2 is 2.35 bits per heavy atom. The molecule has 1 amide bonds. The number of nitriles is 1. The Morgan fingerprint density at radius 3 is 3.00 bits per heavy atom. The first-order chi connectivity index (χ1) is 9.70. The number of nitrogens with zero attached hydrogens (tertiary/aromatic N) is 1. The third-order valence-corrected chi connectivity index (χ3v) is 3.66. The first-order valence-corrected chi connectivity index (χ1v) is 7.04. The van der Waals surface area contributed by atoms with Crippen molar-refractivity contribution in [3.05, 3.63) is 35.4 Å². The molecule has 20 heavy (non-hydrogen) atoms. The second kappa shape index (κ2) is 7.06. The van der Waals surface area contributed by atoms with Gasteiger partial charge in [0, 0.05) is 19.6 Å². The summed E-state index contributed by atoms with van der Waals surface area (Å²) in [6, 6.07) is 9.94. The molecule has 1 aromatic rings. The average Bonchev–Trinajstić information content (AvgIpc) is 2.97. The molecule has 1 aromatic carbocycles. The summed E-state index contributed by atoms with van der Waals surface area (Å²) in [5.41, 5.74) is 1.98. The van der Waals surface area contributed by atoms with Crippen LogP contribution in [0.1, 0.15) is 36.3 Å². The fraction of sp³-hybridized carbons (Fsp3) is 0.500. The molecule has 0 radical (unpaired) electrons. The third kappa shape index (κ3) is 3.82. The summed E-state index contributed by atoms with van der Waals surface area (Å²) < 4.78 is 5.46. The number of aryl methyl sites for hydroxylation is 1. The Hall–Kier alpha value is -1.86. The van der Waals surface area contributed by atoms with Gasteiger partial charge >= 0.3 is 0 Å². The van der Waals surface area contributed by atoms with Crippen molar-refractivity contribution in [3.63, 3.8) is 0 Å². The van der Waals surface area contributed by atoms with Crippen molar-refractivity contribution < 1.29 is 9.53 Å². The molecule has 2 rings (SSSR count). The number of rotatable bonds is 5. The van der Waals surface area contributed by atoms with Crippen LogP contribution in [0, 0.1) is 18.3 Å². The quantitative estimate of drug-likeness (QED) is 0.894. The molecule has 1 N–H and O–H groups in total. The number of ether oxygens (including phenoxy) is 1. The van der Waals surface area contributed by atoms with Crippen LogP contribution >= 0.6 is 0 Å². The summed E-state index contributed by atoms with van der Waals surface area (Å²) >= 11 is 0. The maximum Gasteiger partial charge on any atom is 0.221 e. The molecule has 106 valence electrons. The predicted octanol–water partition coefficient (Wildman–Crippen LogP) is 2.29. The Balaban J connectivity index is 1.88. The smallest absolute Gasteiger partial charge is 0.221 e. The maximum atomic E-state index is 11.9. The zero-order valence-electron chi connectivity index (χ0n) is 11.8. The number of carbonyl (C=O) groups excluding carboxylic acids is 1. The van der Waals surface area contributed by atoms with E-state index in [0.29, 0.717) is 6.54 Å². The van der Waals surface area contributed by atoms with Crippen molar-refractivity contribution in [2.45, 2.75) is 38.2 Å². The van der Waals surface area contributed by atoms with Crippen molar-refractivity contribution in [1.82, 2.24) is 5.32 Å². The molecule has 1 saturated heterocycles. The van der Waals surface area contributed by atoms with Gasteiger partial charge in [0.25, 0.3) is 0 Å². The van der Waals surface area contributed by atoms with E-state index in [1.54, 1.807) is 0 Å². The van der Waals surface area contributed by atoms with Gasteiger partial charge in [0.2, 0.25) is 5.91 Å². The summed E-state index contributed by atoms with van der Waals surface area (Å²) in [5.74, 6) is -0.476. The molecule has 0 spiro atoms. The van der Waals surface area contributed by atoms with Gasteiger partial charge in [0.15, 0.2) is 0 Å². The predicted molar refractivity (Wildman–Crippen MR) is 76.1 cm³/mol. The Labute approximate surface area is 119 Å². The molecule has 1 heterocycles. The molecule has 4 nitrogen and oxygen atoms in total. The summed E-state index contributed by atoms with van der Waals surface area (Å²) in [7, 11) is 0. The van der Waals surface area contributed by atoms with E-state index in [1.807, 2.05) is 31.2 Å². The zero-order chi connectivity index (χ0) is 14.4. The van der Waals surface area contributed by atoms with E-state index in [1.165, 1.54) is 0 Å². The Bertz CT molecular complexity index is 501. The lowest BCUT2D eigenvalue weighted by Gasteiger charge is -2.14. The molecule has 2 unspecified atom stereocenters. The van der Waals surface area contributed by atoms with E-state index >= 15 is 0 Å². The Kier molecular flexibility index (Phi) is 5.14. The Morgan fingerprint density at radius 1 is 1.55 bits per heavy atom. The van der Waals surface area contributed by atoms with Crippen LogP contribution in [-0.2, 0) is 9.53 Å². The molecule has 0 bridgehead atoms. The van der Waals surface area contributed by atoms with E-state index < -0.39 is 0 Å². The highest BCUT2D eigenvalue weighted by molar-refractivity contribution is 5.77. The second-order valence-electron chi connectivity index (χ2n) is 5.18. The number of hydrogen-bond acceptors (Lipinski definition) is 3. The largest absolute Gasteiger partial charge is 0.376 e. The van der Waals surface area contributed by atoms with Crippen LogP contribution in [-0.4, -0.2) is 25.2 Å². The lowest BCUT2D eigenvalue weighted by molar-refractivity contribution is -0.121. The van der Waals surface area contributed by atoms with Crippen LogP contribution in [0.15, 0.2) is 24.3 Å². The van der Waals surface area contributed by atoms with Gasteiger partial charge in [-0.3, -0.25) is 4.79 Å². The molecule has 0 aliphatic carbocycles. The fourth-order valence-electron chi connectivity index (χ4n) is 2.49. The van der Waals surface area contributed by atoms with Crippen LogP contribution in [0.25, 0.3) is 0 Å². The number of benzene rings is 1. The minimum absolute atomic E-state index is 0.0877. The number of amides is 1. The summed E-state index contributed by atoms with van der Waals surface area (Å²) in [6.07, 6.45) is 2.40. The number of hydrogen-bond donors (Lipinski definition) is 1. The van der Waals surface area contributed by atoms with E-state index in [0.717, 1.165) is 30.6 Å². The summed E-state index contributed by atoms with van der Waals surface area (Å²) in [4.78, 5) is 11.9. The van der Waals surface area contributed by atoms with Crippen LogP contribution in [0.4, 0.5) is 0 Å². The average molecular weight is 272 g/mol. The van der Waals surface area contributed by atoms with Gasteiger partial charge in [-0.25, -0.2) is 0 Å². The minimum atomic E-state index is -0.388. The molecule has 2 atom stereocenters. The first kappa shape index (κ1) is 14.5. The molecular weight excluding hydrogens is 252 g/mol. The SMILES string of the molecule is Cc1ccccc1C(C#N)CC(=O)NCC1CCCO1. The van der Waals surface area contributed by atoms with Gasteiger partial charge in [0.05, 0.1) is 18.1 Å². The van der Waals surface area contributed by atoms with Crippen LogP contribution in [0.5, 0.6) is 0 Å². The standard InChI is InChI=1S/C16H20N2O2/c1-12-5-2-3-7-15(12)13(10-17)9-16(19)18-11-14-6-4-8-20-14/h2-3,5,7,13-14H,4,6,8-9,11H2,1H3,(H,18,19). The van der Waals surface area contributed by atoms with E-state index in [4.69, 9.17) is 4.74 Å². The van der Waals surface area contributed by atoms with Crippen molar-refractivity contribution in [1.29, 1.82) is 5.26 Å². The van der Waals surface area contributed by atoms with Crippen LogP contribution < -0.4 is 5.32 Å². The summed E-state index contributed by atoms with van der Waals surface area (Å²) in [6.45, 7) is 3.29. The molecule has 1 aliphatic rings. The molecule has 1 fully saturated rings. The normalized spacial score (nSPS) is 19.3. The monoisotopic (exact) mass is 272 g/mol. The maximum absolute atomic E-state index is 11.9. The molecular formula is C16H20N2O2. The van der Waals surface area contributed by atoms with Crippen molar-refractivity contribution in [3.8, 4) is 6.07 Å². The van der Waals surface area contributed by atoms with Crippen molar-refractivity contribution in [2.24, 2.45) is 0 Å². The topological polar surface area (TPSA) is 62.1 Å². The van der Waals surface area contributed by atoms with E-state index in [9.17, 15) is 10.1 Å². The molecule has 4 heteroatoms. The molecule has 0 saturated carbocycles. The summed E-state index contributed by atoms with van der Waals surface area (Å²) in [5, 5.41) is 12.1. The van der Waals surface area contributed by atoms with Gasteiger partial charge in [-0.05, 0) is 30.9 Å².